The second-order valence-corrected chi connectivity index (χ2v) is 16.6. The summed E-state index contributed by atoms with van der Waals surface area (Å²) in [6.07, 6.45) is 17.4. The van der Waals surface area contributed by atoms with Crippen molar-refractivity contribution >= 4 is 5.78 Å². The van der Waals surface area contributed by atoms with Crippen LogP contribution in [0.3, 0.4) is 0 Å². The lowest BCUT2D eigenvalue weighted by molar-refractivity contribution is -0.178. The highest BCUT2D eigenvalue weighted by molar-refractivity contribution is 5.96. The smallest absolute Gasteiger partial charge is 0.163 e. The maximum absolute atomic E-state index is 13.7. The third kappa shape index (κ3) is 4.93. The van der Waals surface area contributed by atoms with Crippen LogP contribution in [-0.4, -0.2) is 41.8 Å². The van der Waals surface area contributed by atoms with Crippen molar-refractivity contribution in [2.75, 3.05) is 13.1 Å². The standard InChI is InChI=1S/C36H59NO3/c1-23(2)12-11-13-24(3)26-14-15-27-31-28(16-17-35(26,27)6)36(7)21-25(22-37-18-9-8-10-19-37)30(38)20-29(36)32-33(31)40-34(4,5)39-32/h22-24,26-29,31-33H,8-21H2,1-7H3/b25-22+/t24-,26-,27+,28+,29-,31+,32-,33-,35-,36-/m1/s1. The van der Waals surface area contributed by atoms with Crippen LogP contribution in [0.5, 0.6) is 0 Å². The van der Waals surface area contributed by atoms with Crippen LogP contribution in [0.25, 0.3) is 0 Å². The van der Waals surface area contributed by atoms with E-state index in [-0.39, 0.29) is 23.5 Å². The van der Waals surface area contributed by atoms with Crippen molar-refractivity contribution in [1.82, 2.24) is 4.90 Å². The van der Waals surface area contributed by atoms with Gasteiger partial charge in [-0.1, -0.05) is 53.9 Å². The summed E-state index contributed by atoms with van der Waals surface area (Å²) in [6, 6.07) is 0. The number of carbonyl (C=O) groups excluding carboxylic acids is 1. The van der Waals surface area contributed by atoms with Gasteiger partial charge in [0.25, 0.3) is 0 Å². The van der Waals surface area contributed by atoms with E-state index in [1.807, 2.05) is 0 Å². The molecule has 4 saturated carbocycles. The molecule has 0 aromatic heterocycles. The van der Waals surface area contributed by atoms with Gasteiger partial charge in [0.1, 0.15) is 0 Å². The Morgan fingerprint density at radius 3 is 2.30 bits per heavy atom. The van der Waals surface area contributed by atoms with E-state index in [2.05, 4.69) is 59.6 Å². The Hall–Kier alpha value is -0.870. The number of hydrogen-bond acceptors (Lipinski definition) is 4. The van der Waals surface area contributed by atoms with E-state index in [1.165, 1.54) is 64.2 Å². The number of carbonyl (C=O) groups is 1. The third-order valence-corrected chi connectivity index (χ3v) is 13.2. The Kier molecular flexibility index (Phi) is 7.81. The molecule has 4 heteroatoms. The summed E-state index contributed by atoms with van der Waals surface area (Å²) in [5.74, 6) is 4.38. The number of ether oxygens (including phenoxy) is 2. The third-order valence-electron chi connectivity index (χ3n) is 13.2. The summed E-state index contributed by atoms with van der Waals surface area (Å²) in [5, 5.41) is 0. The molecule has 0 amide bonds. The minimum absolute atomic E-state index is 0.0478. The van der Waals surface area contributed by atoms with Crippen molar-refractivity contribution in [1.29, 1.82) is 0 Å². The van der Waals surface area contributed by atoms with Gasteiger partial charge in [-0.25, -0.2) is 0 Å². The van der Waals surface area contributed by atoms with E-state index in [9.17, 15) is 4.79 Å². The number of ketones is 1. The van der Waals surface area contributed by atoms with Crippen LogP contribution in [-0.2, 0) is 14.3 Å². The number of Topliss-reactive ketones (excluding diaryl/α,β-unsaturated/α-hetero) is 1. The molecular formula is C36H59NO3. The van der Waals surface area contributed by atoms with Gasteiger partial charge in [0, 0.05) is 37.2 Å². The number of piperidine rings is 1. The first-order chi connectivity index (χ1) is 18.9. The molecule has 0 N–H and O–H groups in total. The summed E-state index contributed by atoms with van der Waals surface area (Å²) < 4.78 is 13.7. The molecule has 2 saturated heterocycles. The first-order valence-electron chi connectivity index (χ1n) is 17.3. The molecule has 4 nitrogen and oxygen atoms in total. The van der Waals surface area contributed by atoms with Crippen LogP contribution in [0.1, 0.15) is 126 Å². The van der Waals surface area contributed by atoms with Crippen LogP contribution in [0, 0.1) is 52.3 Å². The number of likely N-dealkylation sites (tertiary alicyclic amines) is 1. The van der Waals surface area contributed by atoms with Crippen LogP contribution in [0.15, 0.2) is 11.8 Å². The zero-order valence-corrected chi connectivity index (χ0v) is 26.8. The van der Waals surface area contributed by atoms with E-state index >= 15 is 0 Å². The molecule has 0 aromatic rings. The van der Waals surface area contributed by atoms with Crippen molar-refractivity contribution in [3.8, 4) is 0 Å². The minimum Gasteiger partial charge on any atom is -0.377 e. The molecule has 4 aliphatic carbocycles. The fraction of sp³-hybridized carbons (Fsp3) is 0.917. The summed E-state index contributed by atoms with van der Waals surface area (Å²) in [7, 11) is 0. The molecule has 6 rings (SSSR count). The number of nitrogens with zero attached hydrogens (tertiary/aromatic N) is 1. The average Bonchev–Trinajstić information content (AvgIpc) is 3.41. The molecule has 226 valence electrons. The minimum atomic E-state index is -0.561. The molecule has 0 radical (unpaired) electrons. The van der Waals surface area contributed by atoms with E-state index in [4.69, 9.17) is 9.47 Å². The van der Waals surface area contributed by atoms with Crippen molar-refractivity contribution in [3.05, 3.63) is 11.8 Å². The van der Waals surface area contributed by atoms with E-state index < -0.39 is 5.79 Å². The topological polar surface area (TPSA) is 38.8 Å². The number of rotatable bonds is 6. The Morgan fingerprint density at radius 2 is 1.57 bits per heavy atom. The number of allylic oxidation sites excluding steroid dienone is 1. The Bertz CT molecular complexity index is 981. The van der Waals surface area contributed by atoms with Gasteiger partial charge in [0.05, 0.1) is 12.2 Å². The summed E-state index contributed by atoms with van der Waals surface area (Å²) in [6.45, 7) is 19.0. The monoisotopic (exact) mass is 553 g/mol. The largest absolute Gasteiger partial charge is 0.377 e. The van der Waals surface area contributed by atoms with E-state index in [0.717, 1.165) is 42.8 Å². The number of hydrogen-bond donors (Lipinski definition) is 0. The molecule has 0 spiro atoms. The summed E-state index contributed by atoms with van der Waals surface area (Å²) in [4.78, 5) is 16.1. The van der Waals surface area contributed by atoms with Gasteiger partial charge in [-0.2, -0.15) is 0 Å². The van der Waals surface area contributed by atoms with Crippen molar-refractivity contribution in [3.63, 3.8) is 0 Å². The Labute approximate surface area is 245 Å². The van der Waals surface area contributed by atoms with Gasteiger partial charge < -0.3 is 14.4 Å². The zero-order valence-electron chi connectivity index (χ0n) is 26.8. The zero-order chi connectivity index (χ0) is 28.4. The van der Waals surface area contributed by atoms with Crippen molar-refractivity contribution in [2.45, 2.75) is 144 Å². The summed E-state index contributed by atoms with van der Waals surface area (Å²) in [5.41, 5.74) is 1.61. The van der Waals surface area contributed by atoms with Gasteiger partial charge in [-0.15, -0.1) is 0 Å². The lowest BCUT2D eigenvalue weighted by atomic mass is 9.43. The lowest BCUT2D eigenvalue weighted by Gasteiger charge is -2.63. The molecular weight excluding hydrogens is 494 g/mol. The maximum atomic E-state index is 13.7. The van der Waals surface area contributed by atoms with Crippen LogP contribution in [0.4, 0.5) is 0 Å². The predicted molar refractivity (Wildman–Crippen MR) is 162 cm³/mol. The molecule has 40 heavy (non-hydrogen) atoms. The lowest BCUT2D eigenvalue weighted by Crippen LogP contribution is -2.63. The molecule has 0 bridgehead atoms. The average molecular weight is 554 g/mol. The molecule has 6 fully saturated rings. The Morgan fingerprint density at radius 1 is 0.875 bits per heavy atom. The van der Waals surface area contributed by atoms with Gasteiger partial charge in [0.15, 0.2) is 11.6 Å². The fourth-order valence-electron chi connectivity index (χ4n) is 11.4. The van der Waals surface area contributed by atoms with Gasteiger partial charge in [0.2, 0.25) is 0 Å². The molecule has 0 unspecified atom stereocenters. The van der Waals surface area contributed by atoms with Crippen LogP contribution < -0.4 is 0 Å². The normalized spacial score (nSPS) is 46.2. The molecule has 0 aromatic carbocycles. The van der Waals surface area contributed by atoms with Gasteiger partial charge in [-0.05, 0) is 112 Å². The highest BCUT2D eigenvalue weighted by Gasteiger charge is 2.69. The first kappa shape index (κ1) is 29.2. The Balaban J connectivity index is 1.30. The highest BCUT2D eigenvalue weighted by atomic mass is 16.8. The van der Waals surface area contributed by atoms with Crippen LogP contribution in [0.2, 0.25) is 0 Å². The summed E-state index contributed by atoms with van der Waals surface area (Å²) >= 11 is 0. The highest BCUT2D eigenvalue weighted by Crippen LogP contribution is 2.70. The van der Waals surface area contributed by atoms with Crippen LogP contribution >= 0.6 is 0 Å². The maximum Gasteiger partial charge on any atom is 0.163 e. The predicted octanol–water partition coefficient (Wildman–Crippen LogP) is 8.40. The second-order valence-electron chi connectivity index (χ2n) is 16.6. The van der Waals surface area contributed by atoms with Crippen molar-refractivity contribution < 1.29 is 14.3 Å². The SMILES string of the molecule is CC(C)CCC[C@@H](C)[C@H]1CC[C@H]2[C@@H]3[C@H]4OC(C)(C)O[C@@H]4[C@H]4CC(=O)/C(=C/N5CCCCC5)C[C@]4(C)[C@H]3CC[C@]12C. The quantitative estimate of drug-likeness (QED) is 0.310. The molecule has 2 aliphatic heterocycles. The van der Waals surface area contributed by atoms with Gasteiger partial charge in [-0.3, -0.25) is 4.79 Å². The van der Waals surface area contributed by atoms with E-state index in [1.54, 1.807) is 0 Å². The molecule has 2 heterocycles. The fourth-order valence-corrected chi connectivity index (χ4v) is 11.4. The van der Waals surface area contributed by atoms with E-state index in [0.29, 0.717) is 35.4 Å². The molecule has 6 aliphatic rings. The second kappa shape index (κ2) is 10.7. The van der Waals surface area contributed by atoms with Gasteiger partial charge >= 0.3 is 0 Å². The number of fused-ring (bicyclic) bond motifs is 8. The van der Waals surface area contributed by atoms with Crippen molar-refractivity contribution in [2.24, 2.45) is 52.3 Å². The first-order valence-corrected chi connectivity index (χ1v) is 17.3. The molecule has 10 atom stereocenters.